The van der Waals surface area contributed by atoms with Crippen LogP contribution in [0.1, 0.15) is 56.3 Å². The summed E-state index contributed by atoms with van der Waals surface area (Å²) in [6.45, 7) is 11.2. The molecule has 1 aromatic carbocycles. The van der Waals surface area contributed by atoms with Gasteiger partial charge < -0.3 is 43.7 Å². The lowest BCUT2D eigenvalue weighted by Gasteiger charge is -2.30. The van der Waals surface area contributed by atoms with Crippen LogP contribution in [0.2, 0.25) is 0 Å². The number of nitrogens with one attached hydrogen (secondary N) is 1. The molecule has 47 heavy (non-hydrogen) atoms. The van der Waals surface area contributed by atoms with E-state index in [1.54, 1.807) is 44.4 Å². The lowest BCUT2D eigenvalue weighted by molar-refractivity contribution is 0.0551. The Balaban J connectivity index is 0.000000219. The van der Waals surface area contributed by atoms with E-state index < -0.39 is 0 Å². The number of hydrogen-bond donors (Lipinski definition) is 1. The van der Waals surface area contributed by atoms with Crippen LogP contribution in [-0.2, 0) is 14.2 Å². The molecule has 0 spiro atoms. The number of rotatable bonds is 13. The van der Waals surface area contributed by atoms with Crippen LogP contribution in [0.25, 0.3) is 0 Å². The van der Waals surface area contributed by atoms with Gasteiger partial charge in [-0.15, -0.1) is 0 Å². The Morgan fingerprint density at radius 3 is 2.53 bits per heavy atom. The fourth-order valence-electron chi connectivity index (χ4n) is 5.54. The summed E-state index contributed by atoms with van der Waals surface area (Å²) in [6, 6.07) is 5.76. The van der Waals surface area contributed by atoms with Gasteiger partial charge in [-0.3, -0.25) is 4.79 Å². The van der Waals surface area contributed by atoms with Crippen molar-refractivity contribution in [3.63, 3.8) is 0 Å². The van der Waals surface area contributed by atoms with Crippen LogP contribution in [0.3, 0.4) is 0 Å². The standard InChI is InChI=1S/C20H29N3O3.C16H25NO4/c24-20(23(17-5-6-17)15-16-7-8-21-14-16)26-19-4-2-1-3-18(13-19)22-9-11-25-12-10-22;1-12(2)17(3)16(18)13-7-8-14(20-5)15(11-13)21-10-6-9-19-4/h1-3,13,16-17,21H,4-12,14-15H2;7-8,11-12H,6,9-10H2,1-5H3. The van der Waals surface area contributed by atoms with Crippen molar-refractivity contribution in [1.29, 1.82) is 0 Å². The number of hydrogen-bond acceptors (Lipinski definition) is 9. The lowest BCUT2D eigenvalue weighted by atomic mass is 10.1. The second kappa shape index (κ2) is 18.7. The predicted octanol–water partition coefficient (Wildman–Crippen LogP) is 4.85. The van der Waals surface area contributed by atoms with E-state index in [1.807, 2.05) is 30.9 Å². The average Bonchev–Trinajstić information content (AvgIpc) is 3.85. The second-order valence-electron chi connectivity index (χ2n) is 12.6. The van der Waals surface area contributed by atoms with Crippen molar-refractivity contribution < 1.29 is 33.3 Å². The number of benzene rings is 1. The Morgan fingerprint density at radius 2 is 1.87 bits per heavy atom. The Kier molecular flexibility index (Phi) is 14.4. The summed E-state index contributed by atoms with van der Waals surface area (Å²) in [5.41, 5.74) is 1.69. The second-order valence-corrected chi connectivity index (χ2v) is 12.6. The first-order chi connectivity index (χ1) is 22.8. The fourth-order valence-corrected chi connectivity index (χ4v) is 5.54. The number of amides is 2. The van der Waals surface area contributed by atoms with Gasteiger partial charge in [0.15, 0.2) is 11.5 Å². The molecule has 11 heteroatoms. The van der Waals surface area contributed by atoms with Crippen LogP contribution in [0.5, 0.6) is 11.5 Å². The van der Waals surface area contributed by atoms with E-state index in [1.165, 1.54) is 0 Å². The van der Waals surface area contributed by atoms with E-state index in [0.717, 1.165) is 83.1 Å². The van der Waals surface area contributed by atoms with Crippen molar-refractivity contribution in [3.05, 3.63) is 59.5 Å². The molecule has 1 atom stereocenters. The predicted molar refractivity (Wildman–Crippen MR) is 182 cm³/mol. The summed E-state index contributed by atoms with van der Waals surface area (Å²) in [7, 11) is 5.02. The van der Waals surface area contributed by atoms with Gasteiger partial charge in [-0.05, 0) is 76.4 Å². The summed E-state index contributed by atoms with van der Waals surface area (Å²) in [5, 5.41) is 3.39. The Labute approximate surface area is 280 Å². The van der Waals surface area contributed by atoms with E-state index in [2.05, 4.69) is 22.4 Å². The molecule has 2 heterocycles. The van der Waals surface area contributed by atoms with Gasteiger partial charge in [-0.25, -0.2) is 4.79 Å². The van der Waals surface area contributed by atoms with Crippen molar-refractivity contribution >= 4 is 12.0 Å². The molecule has 2 amide bonds. The zero-order chi connectivity index (χ0) is 33.6. The average molecular weight is 655 g/mol. The number of carbonyl (C=O) groups is 2. The molecule has 3 fully saturated rings. The highest BCUT2D eigenvalue weighted by Gasteiger charge is 2.36. The SMILES string of the molecule is COCCCOc1cc(C(=O)N(C)C(C)C)ccc1OC.O=C(OC1=CC(N2CCOCC2)=CC=CC1)N(CC1CCNC1)C1CC1. The minimum atomic E-state index is -0.178. The van der Waals surface area contributed by atoms with Gasteiger partial charge in [0.05, 0.1) is 26.9 Å². The topological polar surface area (TPSA) is 102 Å². The largest absolute Gasteiger partial charge is 0.493 e. The molecule has 1 N–H and O–H groups in total. The van der Waals surface area contributed by atoms with Crippen LogP contribution in [0.15, 0.2) is 54.0 Å². The highest BCUT2D eigenvalue weighted by molar-refractivity contribution is 5.95. The van der Waals surface area contributed by atoms with E-state index in [4.69, 9.17) is 23.7 Å². The lowest BCUT2D eigenvalue weighted by Crippen LogP contribution is -2.38. The molecule has 0 aromatic heterocycles. The number of morpholine rings is 1. The summed E-state index contributed by atoms with van der Waals surface area (Å²) >= 11 is 0. The molecule has 260 valence electrons. The maximum Gasteiger partial charge on any atom is 0.415 e. The first kappa shape index (κ1) is 36.3. The van der Waals surface area contributed by atoms with Crippen LogP contribution >= 0.6 is 0 Å². The number of ether oxygens (including phenoxy) is 5. The number of nitrogens with zero attached hydrogens (tertiary/aromatic N) is 3. The molecule has 4 aliphatic rings. The molecule has 2 saturated heterocycles. The molecule has 2 aliphatic carbocycles. The van der Waals surface area contributed by atoms with Crippen molar-refractivity contribution in [1.82, 2.24) is 20.0 Å². The summed E-state index contributed by atoms with van der Waals surface area (Å²) in [5.74, 6) is 2.45. The molecule has 5 rings (SSSR count). The van der Waals surface area contributed by atoms with Gasteiger partial charge in [-0.1, -0.05) is 12.2 Å². The number of allylic oxidation sites excluding steroid dienone is 4. The Hall–Kier alpha value is -3.54. The van der Waals surface area contributed by atoms with Gasteiger partial charge >= 0.3 is 6.09 Å². The van der Waals surface area contributed by atoms with Crippen LogP contribution in [0, 0.1) is 5.92 Å². The van der Waals surface area contributed by atoms with Crippen LogP contribution < -0.4 is 14.8 Å². The normalized spacial score (nSPS) is 19.2. The van der Waals surface area contributed by atoms with Gasteiger partial charge in [0.2, 0.25) is 0 Å². The molecule has 11 nitrogen and oxygen atoms in total. The first-order valence-corrected chi connectivity index (χ1v) is 17.0. The molecule has 1 unspecified atom stereocenters. The van der Waals surface area contributed by atoms with Gasteiger partial charge in [-0.2, -0.15) is 0 Å². The van der Waals surface area contributed by atoms with Crippen molar-refractivity contribution in [3.8, 4) is 11.5 Å². The minimum Gasteiger partial charge on any atom is -0.493 e. The van der Waals surface area contributed by atoms with Crippen LogP contribution in [0.4, 0.5) is 4.79 Å². The van der Waals surface area contributed by atoms with Gasteiger partial charge in [0.1, 0.15) is 5.76 Å². The van der Waals surface area contributed by atoms with E-state index in [-0.39, 0.29) is 18.0 Å². The molecular weight excluding hydrogens is 600 g/mol. The van der Waals surface area contributed by atoms with Crippen LogP contribution in [-0.4, -0.2) is 119 Å². The molecule has 2 aliphatic heterocycles. The van der Waals surface area contributed by atoms with Crippen molar-refractivity contribution in [2.75, 3.05) is 80.4 Å². The molecule has 0 radical (unpaired) electrons. The third-order valence-electron chi connectivity index (χ3n) is 8.72. The third kappa shape index (κ3) is 11.3. The molecule has 1 saturated carbocycles. The quantitative estimate of drug-likeness (QED) is 0.299. The maximum atomic E-state index is 12.8. The number of carbonyl (C=O) groups excluding carboxylic acids is 2. The zero-order valence-corrected chi connectivity index (χ0v) is 28.9. The summed E-state index contributed by atoms with van der Waals surface area (Å²) in [6.07, 6.45) is 12.8. The highest BCUT2D eigenvalue weighted by atomic mass is 16.6. The molecule has 1 aromatic rings. The van der Waals surface area contributed by atoms with E-state index in [0.29, 0.717) is 48.7 Å². The number of methoxy groups -OCH3 is 2. The molecule has 0 bridgehead atoms. The smallest absolute Gasteiger partial charge is 0.415 e. The summed E-state index contributed by atoms with van der Waals surface area (Å²) < 4.78 is 27.2. The van der Waals surface area contributed by atoms with E-state index in [9.17, 15) is 9.59 Å². The molecular formula is C36H54N4O7. The monoisotopic (exact) mass is 654 g/mol. The Morgan fingerprint density at radius 1 is 1.09 bits per heavy atom. The summed E-state index contributed by atoms with van der Waals surface area (Å²) in [4.78, 5) is 31.1. The van der Waals surface area contributed by atoms with Gasteiger partial charge in [0, 0.05) is 82.7 Å². The fraction of sp³-hybridized carbons (Fsp3) is 0.611. The van der Waals surface area contributed by atoms with Gasteiger partial charge in [0.25, 0.3) is 5.91 Å². The maximum absolute atomic E-state index is 12.8. The highest BCUT2D eigenvalue weighted by Crippen LogP contribution is 2.31. The first-order valence-electron chi connectivity index (χ1n) is 17.0. The Bertz CT molecular complexity index is 1250. The minimum absolute atomic E-state index is 0.0330. The third-order valence-corrected chi connectivity index (χ3v) is 8.72. The van der Waals surface area contributed by atoms with Crippen molar-refractivity contribution in [2.24, 2.45) is 5.92 Å². The van der Waals surface area contributed by atoms with E-state index >= 15 is 0 Å². The zero-order valence-electron chi connectivity index (χ0n) is 28.9. The van der Waals surface area contributed by atoms with Crippen molar-refractivity contribution in [2.45, 2.75) is 58.0 Å².